The molecule has 0 aromatic carbocycles. The van der Waals surface area contributed by atoms with E-state index in [-0.39, 0.29) is 34.1 Å². The average Bonchev–Trinajstić information content (AvgIpc) is 2.15. The predicted molar refractivity (Wildman–Crippen MR) is 75.7 cm³/mol. The van der Waals surface area contributed by atoms with Crippen molar-refractivity contribution >= 4 is 5.78 Å². The Kier molecular flexibility index (Phi) is 8.35. The van der Waals surface area contributed by atoms with Gasteiger partial charge in [-0.1, -0.05) is 37.5 Å². The molecule has 0 aromatic heterocycles. The van der Waals surface area contributed by atoms with Gasteiger partial charge in [0.15, 0.2) is 0 Å². The third-order valence-electron chi connectivity index (χ3n) is 3.56. The van der Waals surface area contributed by atoms with Gasteiger partial charge in [-0.25, -0.2) is 0 Å². The topological polar surface area (TPSA) is 129 Å². The maximum absolute atomic E-state index is 12.3. The largest absolute Gasteiger partial charge is 0.412 e. The van der Waals surface area contributed by atoms with Gasteiger partial charge in [0.1, 0.15) is 5.78 Å². The fraction of sp³-hybridized carbons (Fsp3) is 0.769. The molecule has 0 aromatic rings. The van der Waals surface area contributed by atoms with Crippen LogP contribution in [0.5, 0.6) is 0 Å². The quantitative estimate of drug-likeness (QED) is 0.330. The van der Waals surface area contributed by atoms with Crippen molar-refractivity contribution in [2.75, 3.05) is 0 Å². The van der Waals surface area contributed by atoms with Crippen LogP contribution in [0.15, 0.2) is 16.8 Å². The second-order valence-electron chi connectivity index (χ2n) is 5.63. The summed E-state index contributed by atoms with van der Waals surface area (Å²) in [5.74, 6) is 0.177. The Bertz CT molecular complexity index is 385. The smallest absolute Gasteiger partial charge is 0.140 e. The van der Waals surface area contributed by atoms with E-state index < -0.39 is 0 Å². The molecule has 19 heavy (non-hydrogen) atoms. The molecule has 2 unspecified atom stereocenters. The number of hydrogen-bond donors (Lipinski definition) is 0. The molecule has 1 aliphatic rings. The minimum Gasteiger partial charge on any atom is -0.412 e. The molecule has 0 radical (unpaired) electrons. The van der Waals surface area contributed by atoms with Crippen LogP contribution in [0.25, 0.3) is 10.4 Å². The summed E-state index contributed by atoms with van der Waals surface area (Å²) in [6.07, 6.45) is 4.58. The number of nitrogens with zero attached hydrogens (tertiary/aromatic N) is 3. The van der Waals surface area contributed by atoms with Gasteiger partial charge in [-0.15, -0.1) is 0 Å². The number of carbonyl (C=O) groups excluding carboxylic acids is 1. The zero-order chi connectivity index (χ0) is 13.1. The lowest BCUT2D eigenvalue weighted by Gasteiger charge is -2.37. The van der Waals surface area contributed by atoms with Crippen molar-refractivity contribution in [3.8, 4) is 0 Å². The molecule has 6 heteroatoms. The van der Waals surface area contributed by atoms with Gasteiger partial charge in [0.25, 0.3) is 0 Å². The minimum absolute atomic E-state index is 0. The molecule has 0 saturated heterocycles. The first-order valence-corrected chi connectivity index (χ1v) is 6.12. The van der Waals surface area contributed by atoms with Crippen LogP contribution < -0.4 is 0 Å². The van der Waals surface area contributed by atoms with Crippen LogP contribution in [0.2, 0.25) is 0 Å². The molecule has 1 rings (SSSR count). The third kappa shape index (κ3) is 5.03. The van der Waals surface area contributed by atoms with Crippen molar-refractivity contribution in [3.05, 3.63) is 22.1 Å². The molecule has 0 saturated carbocycles. The highest BCUT2D eigenvalue weighted by Gasteiger charge is 2.37. The van der Waals surface area contributed by atoms with E-state index in [4.69, 9.17) is 5.53 Å². The lowest BCUT2D eigenvalue weighted by atomic mass is 9.66. The van der Waals surface area contributed by atoms with E-state index >= 15 is 0 Å². The second kappa shape index (κ2) is 7.94. The number of ketones is 1. The standard InChI is InChI=1S/C13H21N3O.2H2O/c1-9-6-5-7-13(3,4)12(9)11(17)8-10(2)15-16-14;;/h6,10,12H,5,7-8H2,1-4H3;2*1H2. The number of allylic oxidation sites excluding steroid dienone is 2. The first-order valence-electron chi connectivity index (χ1n) is 6.12. The van der Waals surface area contributed by atoms with Crippen LogP contribution in [0, 0.1) is 11.3 Å². The fourth-order valence-corrected chi connectivity index (χ4v) is 2.78. The van der Waals surface area contributed by atoms with Gasteiger partial charge in [0.2, 0.25) is 0 Å². The van der Waals surface area contributed by atoms with E-state index in [2.05, 4.69) is 29.9 Å². The SMILES string of the molecule is CC1=CCCC(C)(C)C1C(=O)CC(C)N=[N+]=[N-].O.O. The average molecular weight is 271 g/mol. The summed E-state index contributed by atoms with van der Waals surface area (Å²) in [5.41, 5.74) is 9.54. The second-order valence-corrected chi connectivity index (χ2v) is 5.63. The lowest BCUT2D eigenvalue weighted by Crippen LogP contribution is -2.35. The van der Waals surface area contributed by atoms with Gasteiger partial charge in [-0.05, 0) is 30.7 Å². The maximum atomic E-state index is 12.3. The van der Waals surface area contributed by atoms with Gasteiger partial charge in [0.05, 0.1) is 0 Å². The Balaban J connectivity index is 0. The summed E-state index contributed by atoms with van der Waals surface area (Å²) in [5, 5.41) is 3.57. The molecular formula is C13H25N3O3. The van der Waals surface area contributed by atoms with Gasteiger partial charge >= 0.3 is 0 Å². The van der Waals surface area contributed by atoms with E-state index in [0.717, 1.165) is 12.8 Å². The Labute approximate surface area is 114 Å². The van der Waals surface area contributed by atoms with Gasteiger partial charge in [-0.2, -0.15) is 0 Å². The molecule has 1 aliphatic carbocycles. The Morgan fingerprint density at radius 3 is 2.63 bits per heavy atom. The van der Waals surface area contributed by atoms with Crippen LogP contribution in [-0.4, -0.2) is 22.8 Å². The van der Waals surface area contributed by atoms with Crippen LogP contribution in [0.3, 0.4) is 0 Å². The molecule has 4 N–H and O–H groups in total. The van der Waals surface area contributed by atoms with Crippen LogP contribution >= 0.6 is 0 Å². The molecule has 0 bridgehead atoms. The minimum atomic E-state index is -0.252. The first kappa shape index (κ1) is 20.0. The lowest BCUT2D eigenvalue weighted by molar-refractivity contribution is -0.125. The molecule has 0 spiro atoms. The monoisotopic (exact) mass is 271 g/mol. The number of hydrogen-bond acceptors (Lipinski definition) is 2. The molecule has 110 valence electrons. The molecule has 0 fully saturated rings. The van der Waals surface area contributed by atoms with Crippen molar-refractivity contribution in [1.29, 1.82) is 0 Å². The molecular weight excluding hydrogens is 246 g/mol. The molecule has 0 aliphatic heterocycles. The Morgan fingerprint density at radius 1 is 1.58 bits per heavy atom. The summed E-state index contributed by atoms with van der Waals surface area (Å²) >= 11 is 0. The summed E-state index contributed by atoms with van der Waals surface area (Å²) in [6, 6.07) is -0.252. The molecule has 2 atom stereocenters. The highest BCUT2D eigenvalue weighted by molar-refractivity contribution is 5.85. The van der Waals surface area contributed by atoms with Gasteiger partial charge < -0.3 is 11.0 Å². The fourth-order valence-electron chi connectivity index (χ4n) is 2.78. The van der Waals surface area contributed by atoms with Crippen molar-refractivity contribution in [2.24, 2.45) is 16.4 Å². The molecule has 6 nitrogen and oxygen atoms in total. The summed E-state index contributed by atoms with van der Waals surface area (Å²) in [4.78, 5) is 15.0. The van der Waals surface area contributed by atoms with Crippen LogP contribution in [0.1, 0.15) is 47.0 Å². The first-order chi connectivity index (χ1) is 7.88. The van der Waals surface area contributed by atoms with Crippen molar-refractivity contribution in [2.45, 2.75) is 53.0 Å². The van der Waals surface area contributed by atoms with E-state index in [1.807, 2.05) is 6.92 Å². The summed E-state index contributed by atoms with van der Waals surface area (Å²) in [6.45, 7) is 8.10. The normalized spacial score (nSPS) is 21.9. The number of carbonyl (C=O) groups is 1. The van der Waals surface area contributed by atoms with Crippen molar-refractivity contribution in [3.63, 3.8) is 0 Å². The number of azide groups is 1. The zero-order valence-corrected chi connectivity index (χ0v) is 12.1. The molecule has 0 heterocycles. The van der Waals surface area contributed by atoms with Crippen LogP contribution in [-0.2, 0) is 4.79 Å². The van der Waals surface area contributed by atoms with E-state index in [9.17, 15) is 4.79 Å². The Hall–Kier alpha value is -1.36. The van der Waals surface area contributed by atoms with Crippen LogP contribution in [0.4, 0.5) is 0 Å². The Morgan fingerprint density at radius 2 is 2.16 bits per heavy atom. The van der Waals surface area contributed by atoms with E-state index in [1.54, 1.807) is 6.92 Å². The van der Waals surface area contributed by atoms with Gasteiger partial charge in [-0.3, -0.25) is 4.79 Å². The summed E-state index contributed by atoms with van der Waals surface area (Å²) in [7, 11) is 0. The number of rotatable bonds is 4. The predicted octanol–water partition coefficient (Wildman–Crippen LogP) is 2.38. The molecule has 0 amide bonds. The van der Waals surface area contributed by atoms with Crippen molar-refractivity contribution in [1.82, 2.24) is 0 Å². The van der Waals surface area contributed by atoms with E-state index in [0.29, 0.717) is 6.42 Å². The highest BCUT2D eigenvalue weighted by atomic mass is 16.1. The summed E-state index contributed by atoms with van der Waals surface area (Å²) < 4.78 is 0. The highest BCUT2D eigenvalue weighted by Crippen LogP contribution is 2.41. The maximum Gasteiger partial charge on any atom is 0.140 e. The third-order valence-corrected chi connectivity index (χ3v) is 3.56. The van der Waals surface area contributed by atoms with E-state index in [1.165, 1.54) is 5.57 Å². The zero-order valence-electron chi connectivity index (χ0n) is 12.1. The number of Topliss-reactive ketones (excluding diaryl/α,β-unsaturated/α-hetero) is 1. The van der Waals surface area contributed by atoms with Crippen molar-refractivity contribution < 1.29 is 15.7 Å². The van der Waals surface area contributed by atoms with Gasteiger partial charge in [0, 0.05) is 23.3 Å².